The molecular weight excluding hydrogens is 396 g/mol. The fourth-order valence-electron chi connectivity index (χ4n) is 6.77. The molecule has 4 bridgehead atoms. The van der Waals surface area contributed by atoms with E-state index in [0.29, 0.717) is 29.2 Å². The van der Waals surface area contributed by atoms with Crippen LogP contribution in [-0.4, -0.2) is 57.2 Å². The number of rotatable bonds is 4. The van der Waals surface area contributed by atoms with E-state index in [2.05, 4.69) is 15.2 Å². The molecule has 5 aliphatic carbocycles. The van der Waals surface area contributed by atoms with Gasteiger partial charge >= 0.3 is 0 Å². The zero-order chi connectivity index (χ0) is 20.3. The van der Waals surface area contributed by atoms with Crippen LogP contribution in [0.2, 0.25) is 0 Å². The number of carbonyl (C=O) groups is 1. The van der Waals surface area contributed by atoms with Crippen LogP contribution in [0.4, 0.5) is 5.95 Å². The summed E-state index contributed by atoms with van der Waals surface area (Å²) in [6.07, 6.45) is 10.2. The Morgan fingerprint density at radius 2 is 1.97 bits per heavy atom. The summed E-state index contributed by atoms with van der Waals surface area (Å²) in [5.74, 6) is 5.01. The van der Waals surface area contributed by atoms with Crippen molar-refractivity contribution in [1.82, 2.24) is 15.3 Å². The molecule has 162 valence electrons. The first-order chi connectivity index (χ1) is 14.6. The molecule has 1 aliphatic heterocycles. The van der Waals surface area contributed by atoms with Crippen molar-refractivity contribution in [3.8, 4) is 0 Å². The fraction of sp³-hybridized carbons (Fsp3) is 0.783. The molecule has 7 heteroatoms. The predicted molar refractivity (Wildman–Crippen MR) is 118 cm³/mol. The third-order valence-corrected chi connectivity index (χ3v) is 9.11. The SMILES string of the molecule is O=C(NC1C2CC3CC1CC(O)(C3)C2)c1cnc(N2CCCSCC2)nc1C1CC1. The van der Waals surface area contributed by atoms with Crippen LogP contribution in [0.25, 0.3) is 0 Å². The predicted octanol–water partition coefficient (Wildman–Crippen LogP) is 2.97. The minimum Gasteiger partial charge on any atom is -0.390 e. The van der Waals surface area contributed by atoms with Gasteiger partial charge < -0.3 is 15.3 Å². The van der Waals surface area contributed by atoms with Gasteiger partial charge in [-0.3, -0.25) is 4.79 Å². The van der Waals surface area contributed by atoms with Crippen molar-refractivity contribution in [2.24, 2.45) is 17.8 Å². The van der Waals surface area contributed by atoms with Crippen molar-refractivity contribution in [2.45, 2.75) is 68.9 Å². The molecule has 6 nitrogen and oxygen atoms in total. The van der Waals surface area contributed by atoms with E-state index in [4.69, 9.17) is 4.98 Å². The van der Waals surface area contributed by atoms with Crippen LogP contribution in [0.1, 0.15) is 73.3 Å². The van der Waals surface area contributed by atoms with Crippen molar-refractivity contribution in [1.29, 1.82) is 0 Å². The topological polar surface area (TPSA) is 78.3 Å². The summed E-state index contributed by atoms with van der Waals surface area (Å²) in [6.45, 7) is 1.98. The Hall–Kier alpha value is -1.34. The maximum atomic E-state index is 13.3. The molecule has 6 aliphatic rings. The van der Waals surface area contributed by atoms with Crippen LogP contribution in [0.15, 0.2) is 6.20 Å². The van der Waals surface area contributed by atoms with Crippen molar-refractivity contribution in [3.05, 3.63) is 17.5 Å². The average Bonchev–Trinajstić information content (AvgIpc) is 3.56. The molecule has 7 rings (SSSR count). The Labute approximate surface area is 182 Å². The number of hydrogen-bond donors (Lipinski definition) is 2. The molecular formula is C23H32N4O2S. The van der Waals surface area contributed by atoms with E-state index in [0.717, 1.165) is 81.9 Å². The zero-order valence-corrected chi connectivity index (χ0v) is 18.4. The van der Waals surface area contributed by atoms with E-state index in [1.807, 2.05) is 11.8 Å². The lowest BCUT2D eigenvalue weighted by Gasteiger charge is -2.58. The number of amides is 1. The minimum atomic E-state index is -0.465. The molecule has 2 heterocycles. The van der Waals surface area contributed by atoms with E-state index in [-0.39, 0.29) is 11.9 Å². The summed E-state index contributed by atoms with van der Waals surface area (Å²) in [5, 5.41) is 14.2. The highest BCUT2D eigenvalue weighted by atomic mass is 32.2. The molecule has 1 aromatic heterocycles. The van der Waals surface area contributed by atoms with E-state index >= 15 is 0 Å². The number of aromatic nitrogens is 2. The van der Waals surface area contributed by atoms with Gasteiger partial charge in [0, 0.05) is 37.0 Å². The van der Waals surface area contributed by atoms with Crippen LogP contribution in [0.5, 0.6) is 0 Å². The lowest BCUT2D eigenvalue weighted by atomic mass is 9.52. The molecule has 1 saturated heterocycles. The van der Waals surface area contributed by atoms with Crippen LogP contribution in [0, 0.1) is 17.8 Å². The van der Waals surface area contributed by atoms with E-state index in [1.165, 1.54) is 5.75 Å². The number of hydrogen-bond acceptors (Lipinski definition) is 6. The van der Waals surface area contributed by atoms with Gasteiger partial charge in [-0.05, 0) is 74.9 Å². The number of nitrogens with one attached hydrogen (secondary N) is 1. The second-order valence-corrected chi connectivity index (χ2v) is 11.6. The monoisotopic (exact) mass is 428 g/mol. The number of aliphatic hydroxyl groups is 1. The number of anilines is 1. The highest BCUT2D eigenvalue weighted by Gasteiger charge is 2.55. The van der Waals surface area contributed by atoms with Gasteiger partial charge in [0.1, 0.15) is 0 Å². The number of nitrogens with zero attached hydrogens (tertiary/aromatic N) is 3. The van der Waals surface area contributed by atoms with E-state index in [9.17, 15) is 9.90 Å². The Kier molecular flexibility index (Phi) is 4.75. The fourth-order valence-corrected chi connectivity index (χ4v) is 7.66. The zero-order valence-electron chi connectivity index (χ0n) is 17.6. The van der Waals surface area contributed by atoms with Crippen LogP contribution < -0.4 is 10.2 Å². The summed E-state index contributed by atoms with van der Waals surface area (Å²) in [4.78, 5) is 25.2. The normalized spacial score (nSPS) is 37.8. The van der Waals surface area contributed by atoms with Gasteiger partial charge in [-0.1, -0.05) is 0 Å². The summed E-state index contributed by atoms with van der Waals surface area (Å²) in [6, 6.07) is 0.198. The first-order valence-corrected chi connectivity index (χ1v) is 13.0. The van der Waals surface area contributed by atoms with Crippen molar-refractivity contribution in [2.75, 3.05) is 29.5 Å². The van der Waals surface area contributed by atoms with Crippen molar-refractivity contribution >= 4 is 23.6 Å². The molecule has 2 atom stereocenters. The lowest BCUT2D eigenvalue weighted by Crippen LogP contribution is -2.61. The lowest BCUT2D eigenvalue weighted by molar-refractivity contribution is -0.136. The second kappa shape index (κ2) is 7.37. The smallest absolute Gasteiger partial charge is 0.254 e. The van der Waals surface area contributed by atoms with Crippen LogP contribution >= 0.6 is 11.8 Å². The van der Waals surface area contributed by atoms with Crippen molar-refractivity contribution in [3.63, 3.8) is 0 Å². The van der Waals surface area contributed by atoms with Gasteiger partial charge in [-0.2, -0.15) is 11.8 Å². The maximum absolute atomic E-state index is 13.3. The van der Waals surface area contributed by atoms with Gasteiger partial charge in [0.05, 0.1) is 16.9 Å². The van der Waals surface area contributed by atoms with Gasteiger partial charge in [-0.15, -0.1) is 0 Å². The Bertz CT molecular complexity index is 820. The second-order valence-electron chi connectivity index (χ2n) is 10.4. The standard InChI is InChI=1S/C23H32N4O2S/c28-21(25-19-16-8-14-9-17(19)12-23(29,10-14)11-16)18-13-24-22(26-20(18)15-2-3-15)27-4-1-6-30-7-5-27/h13-17,19,29H,1-12H2,(H,25,28). The van der Waals surface area contributed by atoms with Gasteiger partial charge in [0.15, 0.2) is 0 Å². The summed E-state index contributed by atoms with van der Waals surface area (Å²) in [5.41, 5.74) is 1.17. The van der Waals surface area contributed by atoms with Crippen molar-refractivity contribution < 1.29 is 9.90 Å². The quantitative estimate of drug-likeness (QED) is 0.768. The molecule has 0 spiro atoms. The molecule has 2 N–H and O–H groups in total. The Morgan fingerprint density at radius 3 is 2.70 bits per heavy atom. The summed E-state index contributed by atoms with van der Waals surface area (Å²) in [7, 11) is 0. The first kappa shape index (κ1) is 19.4. The number of carbonyl (C=O) groups excluding carboxylic acids is 1. The Morgan fingerprint density at radius 1 is 1.17 bits per heavy atom. The highest BCUT2D eigenvalue weighted by Crippen LogP contribution is 2.55. The van der Waals surface area contributed by atoms with Crippen LogP contribution in [-0.2, 0) is 0 Å². The summed E-state index contributed by atoms with van der Waals surface area (Å²) >= 11 is 2.00. The molecule has 0 aromatic carbocycles. The molecule has 30 heavy (non-hydrogen) atoms. The third kappa shape index (κ3) is 3.52. The molecule has 2 unspecified atom stereocenters. The van der Waals surface area contributed by atoms with Gasteiger partial charge in [0.2, 0.25) is 5.95 Å². The molecule has 6 fully saturated rings. The largest absolute Gasteiger partial charge is 0.390 e. The molecule has 1 amide bonds. The highest BCUT2D eigenvalue weighted by molar-refractivity contribution is 7.99. The Balaban J connectivity index is 1.22. The average molecular weight is 429 g/mol. The maximum Gasteiger partial charge on any atom is 0.254 e. The molecule has 5 saturated carbocycles. The van der Waals surface area contributed by atoms with Gasteiger partial charge in [0.25, 0.3) is 5.91 Å². The van der Waals surface area contributed by atoms with E-state index < -0.39 is 5.60 Å². The first-order valence-electron chi connectivity index (χ1n) is 11.8. The molecule has 0 radical (unpaired) electrons. The van der Waals surface area contributed by atoms with Gasteiger partial charge in [-0.25, -0.2) is 9.97 Å². The minimum absolute atomic E-state index is 0.000616. The van der Waals surface area contributed by atoms with E-state index in [1.54, 1.807) is 6.20 Å². The molecule has 1 aromatic rings. The van der Waals surface area contributed by atoms with Crippen LogP contribution in [0.3, 0.4) is 0 Å². The third-order valence-electron chi connectivity index (χ3n) is 8.06. The number of thioether (sulfide) groups is 1. The summed E-state index contributed by atoms with van der Waals surface area (Å²) < 4.78 is 0.